The van der Waals surface area contributed by atoms with Crippen LogP contribution in [0.5, 0.6) is 0 Å². The number of piperidine rings is 1. The smallest absolute Gasteiger partial charge is 0.355 e. The van der Waals surface area contributed by atoms with Gasteiger partial charge in [0, 0.05) is 30.9 Å². The highest BCUT2D eigenvalue weighted by Crippen LogP contribution is 2.35. The van der Waals surface area contributed by atoms with Gasteiger partial charge in [-0.1, -0.05) is 47.5 Å². The Bertz CT molecular complexity index is 702. The Kier molecular flexibility index (Phi) is 23.2. The number of rotatable bonds is 2. The maximum atomic E-state index is 11.9. The molecule has 1 aromatic rings. The minimum atomic E-state index is -4.16. The molecule has 9 heteroatoms. The lowest BCUT2D eigenvalue weighted by molar-refractivity contribution is -0.179. The van der Waals surface area contributed by atoms with E-state index in [9.17, 15) is 18.0 Å². The lowest BCUT2D eigenvalue weighted by Gasteiger charge is -2.30. The number of carbonyl (C=O) groups is 1. The molecule has 1 amide bonds. The molecule has 2 fully saturated rings. The molecule has 36 heavy (non-hydrogen) atoms. The van der Waals surface area contributed by atoms with Gasteiger partial charge in [-0.05, 0) is 51.9 Å². The van der Waals surface area contributed by atoms with Gasteiger partial charge in [0.2, 0.25) is 5.91 Å². The van der Waals surface area contributed by atoms with Crippen molar-refractivity contribution in [2.75, 3.05) is 6.54 Å². The van der Waals surface area contributed by atoms with E-state index in [1.165, 1.54) is 25.7 Å². The second-order valence-corrected chi connectivity index (χ2v) is 8.56. The molecule has 1 saturated carbocycles. The van der Waals surface area contributed by atoms with Gasteiger partial charge < -0.3 is 21.4 Å². The first-order valence-corrected chi connectivity index (χ1v) is 12.9. The summed E-state index contributed by atoms with van der Waals surface area (Å²) in [5, 5.41) is 8.68. The van der Waals surface area contributed by atoms with Crippen LogP contribution >= 0.6 is 0 Å². The number of H-pyrrole nitrogens is 1. The standard InChI is InChI=1S/C12H21N3.C6H8F3NO.C3H7N.2C2H6.C2H2/c1-8-4-3-5-10(6-8)12(13)11-7-14-9(2)15-11;7-6(8,9)4-1-2-5(11)10-3-4;1-3(2)4;3*1-2/h7-8,10,12H,3-6,13H2,1-2H3,(H,14,15);4H,1-3H2,(H,10,11);4H,1-2H3;2*1-2H3;1-2H/t8?,10-,12?;4-;;;;/m00..../s1. The number of carbonyl (C=O) groups excluding carboxylic acids is 1. The van der Waals surface area contributed by atoms with Crippen LogP contribution in [0, 0.1) is 42.9 Å². The molecule has 4 atom stereocenters. The third kappa shape index (κ3) is 18.0. The van der Waals surface area contributed by atoms with E-state index in [0.717, 1.165) is 17.4 Å². The number of amides is 1. The lowest BCUT2D eigenvalue weighted by atomic mass is 9.78. The molecule has 1 aliphatic heterocycles. The highest BCUT2D eigenvalue weighted by molar-refractivity contribution is 5.76. The molecule has 1 aliphatic carbocycles. The topological polar surface area (TPSA) is 108 Å². The molecule has 0 aromatic carbocycles. The van der Waals surface area contributed by atoms with E-state index in [-0.39, 0.29) is 31.3 Å². The van der Waals surface area contributed by atoms with Crippen molar-refractivity contribution in [3.63, 3.8) is 0 Å². The molecule has 0 radical (unpaired) electrons. The Hall–Kier alpha value is -2.34. The normalized spacial score (nSPS) is 21.3. The summed E-state index contributed by atoms with van der Waals surface area (Å²) in [4.78, 5) is 17.9. The van der Waals surface area contributed by atoms with Gasteiger partial charge in [-0.2, -0.15) is 13.2 Å². The van der Waals surface area contributed by atoms with Crippen LogP contribution in [0.2, 0.25) is 0 Å². The number of aromatic nitrogens is 2. The van der Waals surface area contributed by atoms with Crippen molar-refractivity contribution in [1.29, 1.82) is 5.41 Å². The van der Waals surface area contributed by atoms with Gasteiger partial charge in [-0.25, -0.2) is 4.98 Å². The number of nitrogens with one attached hydrogen (secondary N) is 3. The van der Waals surface area contributed by atoms with Gasteiger partial charge in [-0.3, -0.25) is 4.79 Å². The zero-order valence-corrected chi connectivity index (χ0v) is 23.6. The van der Waals surface area contributed by atoms with Gasteiger partial charge >= 0.3 is 6.18 Å². The second-order valence-electron chi connectivity index (χ2n) is 8.56. The van der Waals surface area contributed by atoms with Crippen LogP contribution in [-0.2, 0) is 4.79 Å². The number of alkyl halides is 3. The monoisotopic (exact) mass is 517 g/mol. The number of hydrogen-bond acceptors (Lipinski definition) is 4. The molecule has 210 valence electrons. The van der Waals surface area contributed by atoms with E-state index >= 15 is 0 Å². The summed E-state index contributed by atoms with van der Waals surface area (Å²) in [6.45, 7) is 15.5. The number of nitrogens with two attached hydrogens (primary N) is 1. The SMILES string of the molecule is C#C.CC.CC.CC(C)=N.Cc1ncc(C(N)[C@H]2CCCC(C)C2)[nH]1.O=C1CC[C@H](C(F)(F)F)CN1. The zero-order valence-electron chi connectivity index (χ0n) is 23.6. The molecule has 5 N–H and O–H groups in total. The van der Waals surface area contributed by atoms with E-state index in [1.54, 1.807) is 13.8 Å². The maximum absolute atomic E-state index is 11.9. The number of aromatic amines is 1. The van der Waals surface area contributed by atoms with Gasteiger partial charge in [0.05, 0.1) is 11.6 Å². The van der Waals surface area contributed by atoms with Gasteiger partial charge in [0.1, 0.15) is 5.82 Å². The van der Waals surface area contributed by atoms with Crippen molar-refractivity contribution in [3.05, 3.63) is 17.7 Å². The summed E-state index contributed by atoms with van der Waals surface area (Å²) in [6.07, 6.45) is 10.9. The van der Waals surface area contributed by atoms with Crippen molar-refractivity contribution in [3.8, 4) is 12.8 Å². The first kappa shape index (κ1) is 38.2. The van der Waals surface area contributed by atoms with Crippen molar-refractivity contribution < 1.29 is 18.0 Å². The van der Waals surface area contributed by atoms with Gasteiger partial charge in [0.25, 0.3) is 0 Å². The Morgan fingerprint density at radius 1 is 1.17 bits per heavy atom. The summed E-state index contributed by atoms with van der Waals surface area (Å²) in [6, 6.07) is 0.147. The van der Waals surface area contributed by atoms with Gasteiger partial charge in [-0.15, -0.1) is 12.8 Å². The zero-order chi connectivity index (χ0) is 28.9. The van der Waals surface area contributed by atoms with E-state index < -0.39 is 12.1 Å². The maximum Gasteiger partial charge on any atom is 0.393 e. The largest absolute Gasteiger partial charge is 0.393 e. The predicted molar refractivity (Wildman–Crippen MR) is 145 cm³/mol. The van der Waals surface area contributed by atoms with Crippen LogP contribution in [-0.4, -0.2) is 34.3 Å². The van der Waals surface area contributed by atoms with Crippen molar-refractivity contribution in [1.82, 2.24) is 15.3 Å². The minimum absolute atomic E-state index is 0.00975. The molecule has 1 aromatic heterocycles. The first-order chi connectivity index (χ1) is 16.9. The third-order valence-corrected chi connectivity index (χ3v) is 5.29. The fourth-order valence-electron chi connectivity index (χ4n) is 3.68. The average molecular weight is 518 g/mol. The fraction of sp³-hybridized carbons (Fsp3) is 0.741. The molecule has 1 saturated heterocycles. The summed E-state index contributed by atoms with van der Waals surface area (Å²) in [5.41, 5.74) is 8.04. The van der Waals surface area contributed by atoms with E-state index in [2.05, 4.69) is 35.1 Å². The quantitative estimate of drug-likeness (QED) is 0.251. The first-order valence-electron chi connectivity index (χ1n) is 12.9. The Labute approximate surface area is 217 Å². The Balaban J connectivity index is -0.000000457. The van der Waals surface area contributed by atoms with Crippen LogP contribution in [0.4, 0.5) is 13.2 Å². The van der Waals surface area contributed by atoms with E-state index in [1.807, 2.05) is 40.8 Å². The molecule has 0 bridgehead atoms. The van der Waals surface area contributed by atoms with Crippen molar-refractivity contribution in [2.45, 2.75) is 106 Å². The lowest BCUT2D eigenvalue weighted by Crippen LogP contribution is -2.41. The Morgan fingerprint density at radius 3 is 2.06 bits per heavy atom. The highest BCUT2D eigenvalue weighted by Gasteiger charge is 2.41. The Morgan fingerprint density at radius 2 is 1.69 bits per heavy atom. The molecule has 6 nitrogen and oxygen atoms in total. The molecule has 2 aliphatic rings. The van der Waals surface area contributed by atoms with E-state index in [4.69, 9.17) is 11.1 Å². The third-order valence-electron chi connectivity index (χ3n) is 5.29. The number of terminal acetylenes is 1. The second kappa shape index (κ2) is 21.9. The number of imidazole rings is 1. The number of halogens is 3. The number of aryl methyl sites for hydroxylation is 1. The van der Waals surface area contributed by atoms with Gasteiger partial charge in [0.15, 0.2) is 0 Å². The summed E-state index contributed by atoms with van der Waals surface area (Å²) < 4.78 is 35.8. The molecular formula is C27H50F3N5O. The van der Waals surface area contributed by atoms with Crippen LogP contribution in [0.1, 0.15) is 105 Å². The highest BCUT2D eigenvalue weighted by atomic mass is 19.4. The van der Waals surface area contributed by atoms with Crippen LogP contribution in [0.25, 0.3) is 0 Å². The minimum Gasteiger partial charge on any atom is -0.355 e. The predicted octanol–water partition coefficient (Wildman–Crippen LogP) is 6.97. The molecular weight excluding hydrogens is 467 g/mol. The van der Waals surface area contributed by atoms with Crippen LogP contribution in [0.3, 0.4) is 0 Å². The molecule has 2 unspecified atom stereocenters. The number of nitrogens with zero attached hydrogens (tertiary/aromatic N) is 1. The van der Waals surface area contributed by atoms with Crippen molar-refractivity contribution in [2.24, 2.45) is 23.5 Å². The number of hydrogen-bond donors (Lipinski definition) is 4. The molecule has 2 heterocycles. The molecule has 0 spiro atoms. The van der Waals surface area contributed by atoms with Crippen molar-refractivity contribution >= 4 is 11.6 Å². The molecule has 3 rings (SSSR count). The van der Waals surface area contributed by atoms with E-state index in [0.29, 0.717) is 11.6 Å². The van der Waals surface area contributed by atoms with Crippen LogP contribution in [0.15, 0.2) is 6.20 Å². The summed E-state index contributed by atoms with van der Waals surface area (Å²) in [5.74, 6) is 0.794. The average Bonchev–Trinajstić information content (AvgIpc) is 3.28. The summed E-state index contributed by atoms with van der Waals surface area (Å²) >= 11 is 0. The van der Waals surface area contributed by atoms with Crippen LogP contribution < -0.4 is 11.1 Å². The fourth-order valence-corrected chi connectivity index (χ4v) is 3.68. The summed E-state index contributed by atoms with van der Waals surface area (Å²) in [7, 11) is 0.